The third-order valence-corrected chi connectivity index (χ3v) is 5.71. The summed E-state index contributed by atoms with van der Waals surface area (Å²) in [7, 11) is -1.05. The molecule has 0 amide bonds. The molecule has 30 heavy (non-hydrogen) atoms. The largest absolute Gasteiger partial charge is 0.357 e. The highest BCUT2D eigenvalue weighted by molar-refractivity contribution is 14.0. The zero-order valence-electron chi connectivity index (χ0n) is 18.2. The van der Waals surface area contributed by atoms with Gasteiger partial charge in [0.1, 0.15) is 5.82 Å². The number of aliphatic imine (C=N–C) groups is 1. The second-order valence-corrected chi connectivity index (χ2v) is 9.74. The van der Waals surface area contributed by atoms with E-state index in [1.54, 1.807) is 0 Å². The lowest BCUT2D eigenvalue weighted by Gasteiger charge is -2.21. The fourth-order valence-corrected chi connectivity index (χ4v) is 4.17. The van der Waals surface area contributed by atoms with Crippen LogP contribution >= 0.6 is 24.0 Å². The number of sulfone groups is 1. The van der Waals surface area contributed by atoms with E-state index in [4.69, 9.17) is 0 Å². The van der Waals surface area contributed by atoms with Crippen LogP contribution < -0.4 is 10.6 Å². The van der Waals surface area contributed by atoms with Gasteiger partial charge in [0.05, 0.1) is 12.3 Å². The maximum Gasteiger partial charge on any atom is 0.191 e. The minimum Gasteiger partial charge on any atom is -0.357 e. The maximum absolute atomic E-state index is 13.7. The molecule has 1 heterocycles. The first-order chi connectivity index (χ1) is 13.8. The van der Waals surface area contributed by atoms with Gasteiger partial charge in [0.2, 0.25) is 0 Å². The monoisotopic (exact) mass is 555 g/mol. The Labute approximate surface area is 197 Å². The third-order valence-electron chi connectivity index (χ3n) is 4.87. The van der Waals surface area contributed by atoms with Gasteiger partial charge in [-0.05, 0) is 56.7 Å². The van der Waals surface area contributed by atoms with Gasteiger partial charge in [-0.25, -0.2) is 17.8 Å². The summed E-state index contributed by atoms with van der Waals surface area (Å²) in [6.45, 7) is 8.97. The first-order valence-corrected chi connectivity index (χ1v) is 12.2. The molecule has 2 N–H and O–H groups in total. The van der Waals surface area contributed by atoms with Gasteiger partial charge in [-0.2, -0.15) is 0 Å². The van der Waals surface area contributed by atoms with Crippen LogP contribution in [0.25, 0.3) is 0 Å². The number of halogens is 2. The smallest absolute Gasteiger partial charge is 0.191 e. The number of hydrogen-bond donors (Lipinski definition) is 2. The van der Waals surface area contributed by atoms with E-state index in [-0.39, 0.29) is 36.3 Å². The Morgan fingerprint density at radius 1 is 1.17 bits per heavy atom. The molecular weight excluding hydrogens is 520 g/mol. The highest BCUT2D eigenvalue weighted by atomic mass is 127. The molecule has 0 unspecified atom stereocenters. The van der Waals surface area contributed by atoms with Gasteiger partial charge >= 0.3 is 0 Å². The van der Waals surface area contributed by atoms with E-state index in [1.807, 2.05) is 6.92 Å². The van der Waals surface area contributed by atoms with Crippen LogP contribution in [0.3, 0.4) is 0 Å². The van der Waals surface area contributed by atoms with Crippen molar-refractivity contribution in [2.75, 3.05) is 59.1 Å². The van der Waals surface area contributed by atoms with Crippen molar-refractivity contribution in [3.8, 4) is 0 Å². The molecule has 10 heteroatoms. The van der Waals surface area contributed by atoms with Crippen LogP contribution in [-0.4, -0.2) is 83.3 Å². The Kier molecular flexibility index (Phi) is 12.1. The second-order valence-electron chi connectivity index (χ2n) is 7.60. The predicted octanol–water partition coefficient (Wildman–Crippen LogP) is 1.68. The van der Waals surface area contributed by atoms with E-state index in [1.165, 1.54) is 30.9 Å². The minimum absolute atomic E-state index is 0. The lowest BCUT2D eigenvalue weighted by Crippen LogP contribution is -2.42. The van der Waals surface area contributed by atoms with E-state index in [2.05, 4.69) is 32.5 Å². The third kappa shape index (κ3) is 10.4. The van der Waals surface area contributed by atoms with E-state index < -0.39 is 15.7 Å². The summed E-state index contributed by atoms with van der Waals surface area (Å²) in [5, 5.41) is 6.52. The number of hydrogen-bond acceptors (Lipinski definition) is 5. The minimum atomic E-state index is -3.21. The topological polar surface area (TPSA) is 77.0 Å². The first-order valence-electron chi connectivity index (χ1n) is 10.1. The van der Waals surface area contributed by atoms with E-state index in [0.29, 0.717) is 23.6 Å². The molecule has 172 valence electrons. The molecule has 7 nitrogen and oxygen atoms in total. The van der Waals surface area contributed by atoms with Gasteiger partial charge in [0, 0.05) is 39.0 Å². The quantitative estimate of drug-likeness (QED) is 0.289. The molecule has 1 aliphatic rings. The molecule has 0 saturated carbocycles. The number of nitrogens with zero attached hydrogens (tertiary/aromatic N) is 3. The van der Waals surface area contributed by atoms with Crippen molar-refractivity contribution in [3.63, 3.8) is 0 Å². The summed E-state index contributed by atoms with van der Waals surface area (Å²) >= 11 is 0. The van der Waals surface area contributed by atoms with Gasteiger partial charge in [-0.3, -0.25) is 0 Å². The molecule has 0 bridgehead atoms. The van der Waals surface area contributed by atoms with Crippen LogP contribution in [0.2, 0.25) is 0 Å². The van der Waals surface area contributed by atoms with Crippen LogP contribution in [-0.2, 0) is 22.1 Å². The summed E-state index contributed by atoms with van der Waals surface area (Å²) < 4.78 is 37.0. The Hall–Kier alpha value is -0.980. The molecule has 1 aromatic carbocycles. The average Bonchev–Trinajstić information content (AvgIpc) is 2.85. The van der Waals surface area contributed by atoms with Crippen molar-refractivity contribution in [1.82, 2.24) is 20.4 Å². The maximum atomic E-state index is 13.7. The molecule has 0 spiro atoms. The Morgan fingerprint density at radius 3 is 2.63 bits per heavy atom. The molecular formula is C20H35FIN5O2S. The van der Waals surface area contributed by atoms with Crippen LogP contribution in [0.5, 0.6) is 0 Å². The Morgan fingerprint density at radius 2 is 1.93 bits per heavy atom. The molecule has 1 fully saturated rings. The average molecular weight is 556 g/mol. The fourth-order valence-electron chi connectivity index (χ4n) is 3.33. The molecule has 0 aliphatic carbocycles. The van der Waals surface area contributed by atoms with Gasteiger partial charge < -0.3 is 20.4 Å². The lowest BCUT2D eigenvalue weighted by molar-refractivity contribution is 0.280. The predicted molar refractivity (Wildman–Crippen MR) is 132 cm³/mol. The van der Waals surface area contributed by atoms with E-state index in [9.17, 15) is 12.8 Å². The summed E-state index contributed by atoms with van der Waals surface area (Å²) in [4.78, 5) is 9.33. The standard InChI is InChI=1S/C20H34FN5O2S.HI/c1-4-22-20(23-8-11-26-10-5-9-25(2)12-13-26)24-15-18-14-19(21)7-6-17(18)16-29(3,27)28;/h6-7,14H,4-5,8-13,15-16H2,1-3H3,(H2,22,23,24);1H. The molecule has 1 aromatic rings. The fraction of sp³-hybridized carbons (Fsp3) is 0.650. The van der Waals surface area contributed by atoms with Crippen LogP contribution in [0.1, 0.15) is 24.5 Å². The second kappa shape index (κ2) is 13.4. The summed E-state index contributed by atoms with van der Waals surface area (Å²) in [6.07, 6.45) is 2.35. The molecule has 0 atom stereocenters. The zero-order valence-corrected chi connectivity index (χ0v) is 21.3. The molecule has 1 saturated heterocycles. The summed E-state index contributed by atoms with van der Waals surface area (Å²) in [5.41, 5.74) is 1.17. The molecule has 0 aromatic heterocycles. The highest BCUT2D eigenvalue weighted by Gasteiger charge is 2.12. The van der Waals surface area contributed by atoms with Crippen LogP contribution in [0.15, 0.2) is 23.2 Å². The number of benzene rings is 1. The number of likely N-dealkylation sites (N-methyl/N-ethyl adjacent to an activating group) is 1. The molecule has 0 radical (unpaired) electrons. The van der Waals surface area contributed by atoms with Gasteiger partial charge in [-0.1, -0.05) is 6.07 Å². The number of rotatable bonds is 8. The molecule has 2 rings (SSSR count). The Balaban J connectivity index is 0.00000450. The number of guanidine groups is 1. The normalized spacial score (nSPS) is 16.6. The summed E-state index contributed by atoms with van der Waals surface area (Å²) in [5.74, 6) is 0.136. The van der Waals surface area contributed by atoms with Gasteiger partial charge in [0.15, 0.2) is 15.8 Å². The SMILES string of the molecule is CCNC(=NCc1cc(F)ccc1CS(C)(=O)=O)NCCN1CCCN(C)CC1.I. The van der Waals surface area contributed by atoms with Crippen LogP contribution in [0, 0.1) is 5.82 Å². The van der Waals surface area contributed by atoms with E-state index in [0.717, 1.165) is 39.3 Å². The van der Waals surface area contributed by atoms with Crippen LogP contribution in [0.4, 0.5) is 4.39 Å². The van der Waals surface area contributed by atoms with Gasteiger partial charge in [-0.15, -0.1) is 24.0 Å². The van der Waals surface area contributed by atoms with E-state index >= 15 is 0 Å². The van der Waals surface area contributed by atoms with Crippen molar-refractivity contribution in [3.05, 3.63) is 35.1 Å². The van der Waals surface area contributed by atoms with Crippen molar-refractivity contribution in [2.45, 2.75) is 25.6 Å². The zero-order chi connectivity index (χ0) is 21.3. The highest BCUT2D eigenvalue weighted by Crippen LogP contribution is 2.15. The number of nitrogens with one attached hydrogen (secondary N) is 2. The lowest BCUT2D eigenvalue weighted by atomic mass is 10.1. The first kappa shape index (κ1) is 27.1. The molecule has 1 aliphatic heterocycles. The van der Waals surface area contributed by atoms with Crippen molar-refractivity contribution >= 4 is 39.8 Å². The van der Waals surface area contributed by atoms with Gasteiger partial charge in [0.25, 0.3) is 0 Å². The van der Waals surface area contributed by atoms with Crippen molar-refractivity contribution in [1.29, 1.82) is 0 Å². The van der Waals surface area contributed by atoms with Crippen molar-refractivity contribution in [2.24, 2.45) is 4.99 Å². The van der Waals surface area contributed by atoms with Crippen molar-refractivity contribution < 1.29 is 12.8 Å². The summed E-state index contributed by atoms with van der Waals surface area (Å²) in [6, 6.07) is 4.18. The Bertz CT molecular complexity index is 791.